The Morgan fingerprint density at radius 2 is 1.91 bits per heavy atom. The van der Waals surface area contributed by atoms with Gasteiger partial charge in [0, 0.05) is 68.8 Å². The predicted molar refractivity (Wildman–Crippen MR) is 178 cm³/mol. The second-order valence-electron chi connectivity index (χ2n) is 11.7. The maximum atomic E-state index is 12.9. The highest BCUT2D eigenvalue weighted by Crippen LogP contribution is 2.39. The average Bonchev–Trinajstić information content (AvgIpc) is 3.36. The zero-order valence-corrected chi connectivity index (χ0v) is 27.5. The molecule has 1 aromatic carbocycles. The molecule has 3 heterocycles. The highest BCUT2D eigenvalue weighted by molar-refractivity contribution is 7.70. The van der Waals surface area contributed by atoms with Gasteiger partial charge in [-0.3, -0.25) is 4.90 Å². The second-order valence-corrected chi connectivity index (χ2v) is 15.3. The monoisotopic (exact) mass is 625 g/mol. The summed E-state index contributed by atoms with van der Waals surface area (Å²) in [6, 6.07) is 8.19. The summed E-state index contributed by atoms with van der Waals surface area (Å²) in [6.45, 7) is 12.3. The van der Waals surface area contributed by atoms with Gasteiger partial charge in [-0.2, -0.15) is 4.98 Å². The Morgan fingerprint density at radius 1 is 1.12 bits per heavy atom. The number of methoxy groups -OCH3 is 1. The van der Waals surface area contributed by atoms with E-state index in [0.29, 0.717) is 34.9 Å². The van der Waals surface area contributed by atoms with Crippen LogP contribution in [0.5, 0.6) is 0 Å². The van der Waals surface area contributed by atoms with E-state index >= 15 is 0 Å². The average molecular weight is 626 g/mol. The number of benzene rings is 1. The number of hydrogen-bond acceptors (Lipinski definition) is 9. The molecule has 2 saturated heterocycles. The van der Waals surface area contributed by atoms with E-state index in [1.807, 2.05) is 24.3 Å². The lowest BCUT2D eigenvalue weighted by Gasteiger charge is -2.34. The van der Waals surface area contributed by atoms with Gasteiger partial charge in [-0.15, -0.1) is 0 Å². The molecule has 1 aliphatic carbocycles. The van der Waals surface area contributed by atoms with Gasteiger partial charge in [-0.25, -0.2) is 4.98 Å². The lowest BCUT2D eigenvalue weighted by molar-refractivity contribution is 0.158. The second kappa shape index (κ2) is 14.3. The van der Waals surface area contributed by atoms with Crippen LogP contribution < -0.4 is 21.3 Å². The van der Waals surface area contributed by atoms with E-state index in [4.69, 9.17) is 21.3 Å². The van der Waals surface area contributed by atoms with Crippen molar-refractivity contribution < 1.29 is 9.30 Å². The number of anilines is 3. The number of hydrogen-bond donors (Lipinski definition) is 3. The van der Waals surface area contributed by atoms with Crippen LogP contribution in [0.2, 0.25) is 5.02 Å². The van der Waals surface area contributed by atoms with Crippen LogP contribution >= 0.6 is 18.7 Å². The Morgan fingerprint density at radius 3 is 2.65 bits per heavy atom. The maximum absolute atomic E-state index is 12.9. The molecule has 0 spiro atoms. The van der Waals surface area contributed by atoms with Gasteiger partial charge in [-0.05, 0) is 56.7 Å². The van der Waals surface area contributed by atoms with Crippen LogP contribution in [-0.2, 0) is 9.30 Å². The summed E-state index contributed by atoms with van der Waals surface area (Å²) < 4.78 is 18.8. The fraction of sp³-hybridized carbons (Fsp3) is 0.500. The molecule has 0 amide bonds. The number of rotatable bonds is 9. The van der Waals surface area contributed by atoms with Crippen molar-refractivity contribution >= 4 is 41.5 Å². The van der Waals surface area contributed by atoms with Gasteiger partial charge in [0.1, 0.15) is 17.9 Å². The molecule has 43 heavy (non-hydrogen) atoms. The summed E-state index contributed by atoms with van der Waals surface area (Å²) in [5.74, 6) is 1.62. The molecule has 1 unspecified atom stereocenters. The van der Waals surface area contributed by atoms with Crippen LogP contribution in [0, 0.1) is 0 Å². The lowest BCUT2D eigenvalue weighted by atomic mass is 10.1. The maximum Gasteiger partial charge on any atom is 0.229 e. The zero-order chi connectivity index (χ0) is 30.4. The molecule has 1 atom stereocenters. The van der Waals surface area contributed by atoms with Crippen molar-refractivity contribution in [1.29, 1.82) is 0 Å². The number of piperazine rings is 1. The van der Waals surface area contributed by atoms with Crippen LogP contribution in [0.15, 0.2) is 65.3 Å². The third kappa shape index (κ3) is 7.82. The number of nitrogens with zero attached hydrogens (tertiary/aromatic N) is 4. The minimum atomic E-state index is -2.52. The van der Waals surface area contributed by atoms with Crippen LogP contribution in [0.1, 0.15) is 39.0 Å². The molecule has 3 aliphatic rings. The molecule has 9 nitrogen and oxygen atoms in total. The number of allylic oxidation sites excluding steroid dienone is 3. The normalized spacial score (nSPS) is 20.6. The smallest absolute Gasteiger partial charge is 0.229 e. The van der Waals surface area contributed by atoms with E-state index in [2.05, 4.69) is 49.8 Å². The molecule has 232 valence electrons. The summed E-state index contributed by atoms with van der Waals surface area (Å²) in [6.07, 6.45) is 11.3. The number of para-hydroxylation sites is 1. The van der Waals surface area contributed by atoms with Crippen LogP contribution in [0.3, 0.4) is 0 Å². The van der Waals surface area contributed by atoms with Crippen molar-refractivity contribution in [3.8, 4) is 0 Å². The van der Waals surface area contributed by atoms with Gasteiger partial charge in [0.05, 0.1) is 24.7 Å². The van der Waals surface area contributed by atoms with Gasteiger partial charge in [0.2, 0.25) is 5.95 Å². The van der Waals surface area contributed by atoms with Gasteiger partial charge in [-0.1, -0.05) is 36.7 Å². The van der Waals surface area contributed by atoms with E-state index < -0.39 is 7.14 Å². The molecule has 5 rings (SSSR count). The molecule has 2 aliphatic heterocycles. The third-order valence-electron chi connectivity index (χ3n) is 8.50. The van der Waals surface area contributed by atoms with Gasteiger partial charge in [0.25, 0.3) is 0 Å². The van der Waals surface area contributed by atoms with Crippen molar-refractivity contribution in [3.05, 3.63) is 70.4 Å². The number of aromatic nitrogens is 2. The number of likely N-dealkylation sites (tertiary alicyclic amines) is 1. The standard InChI is InChI=1S/C32H45ClN7O2P/c1-5-23-12-13-26(29(42-2)21-28(23)40-17-8-9-24(14-18-40)39-19-15-34-16-20-39)37-32-35-22-25(33)31(38-32)36-27-10-6-7-11-30(27)43(3,4)41/h6-7,10-12,21-22,24,34H,5,8-9,13-20H2,1-4H3,(H2,35,36,37,38). The topological polar surface area (TPSA) is 94.6 Å². The largest absolute Gasteiger partial charge is 0.495 e. The molecule has 11 heteroatoms. The molecule has 0 radical (unpaired) electrons. The molecule has 0 saturated carbocycles. The first-order chi connectivity index (χ1) is 20.8. The Balaban J connectivity index is 1.37. The highest BCUT2D eigenvalue weighted by atomic mass is 35.5. The molecule has 3 N–H and O–H groups in total. The Hall–Kier alpha value is -2.84. The van der Waals surface area contributed by atoms with Crippen LogP contribution in [0.25, 0.3) is 0 Å². The minimum absolute atomic E-state index is 0.375. The fourth-order valence-electron chi connectivity index (χ4n) is 6.21. The van der Waals surface area contributed by atoms with Crippen molar-refractivity contribution in [1.82, 2.24) is 25.1 Å². The molecular weight excluding hydrogens is 581 g/mol. The third-order valence-corrected chi connectivity index (χ3v) is 10.3. The molecule has 2 aromatic rings. The van der Waals surface area contributed by atoms with Crippen LogP contribution in [0.4, 0.5) is 17.5 Å². The fourth-order valence-corrected chi connectivity index (χ4v) is 7.50. The number of halogens is 1. The summed E-state index contributed by atoms with van der Waals surface area (Å²) >= 11 is 6.50. The van der Waals surface area contributed by atoms with Crippen molar-refractivity contribution in [2.24, 2.45) is 0 Å². The molecule has 0 bridgehead atoms. The van der Waals surface area contributed by atoms with E-state index in [9.17, 15) is 4.57 Å². The van der Waals surface area contributed by atoms with E-state index in [1.54, 1.807) is 26.6 Å². The van der Waals surface area contributed by atoms with Crippen molar-refractivity contribution in [2.45, 2.75) is 45.1 Å². The Bertz CT molecular complexity index is 1430. The molecule has 2 fully saturated rings. The summed E-state index contributed by atoms with van der Waals surface area (Å²) in [7, 11) is -0.803. The van der Waals surface area contributed by atoms with Gasteiger partial charge in [0.15, 0.2) is 5.82 Å². The van der Waals surface area contributed by atoms with E-state index in [1.165, 1.54) is 30.5 Å². The Labute approximate surface area is 261 Å². The van der Waals surface area contributed by atoms with Gasteiger partial charge >= 0.3 is 0 Å². The lowest BCUT2D eigenvalue weighted by Crippen LogP contribution is -2.48. The first-order valence-electron chi connectivity index (χ1n) is 15.4. The first-order valence-corrected chi connectivity index (χ1v) is 18.3. The minimum Gasteiger partial charge on any atom is -0.495 e. The quantitative estimate of drug-likeness (QED) is 0.300. The predicted octanol–water partition coefficient (Wildman–Crippen LogP) is 5.78. The summed E-state index contributed by atoms with van der Waals surface area (Å²) in [4.78, 5) is 14.4. The molecule has 1 aromatic heterocycles. The number of ether oxygens (including phenoxy) is 1. The molecular formula is C32H45ClN7O2P. The van der Waals surface area contributed by atoms with Crippen molar-refractivity contribution in [2.75, 3.05) is 70.3 Å². The van der Waals surface area contributed by atoms with E-state index in [-0.39, 0.29) is 0 Å². The van der Waals surface area contributed by atoms with Crippen LogP contribution in [-0.4, -0.2) is 85.5 Å². The van der Waals surface area contributed by atoms with E-state index in [0.717, 1.165) is 62.5 Å². The number of nitrogens with one attached hydrogen (secondary N) is 3. The summed E-state index contributed by atoms with van der Waals surface area (Å²) in [5.41, 5.74) is 4.17. The summed E-state index contributed by atoms with van der Waals surface area (Å²) in [5, 5.41) is 11.3. The zero-order valence-electron chi connectivity index (χ0n) is 25.8. The van der Waals surface area contributed by atoms with Crippen molar-refractivity contribution in [3.63, 3.8) is 0 Å². The SMILES string of the molecule is CCC1=CCC(Nc2ncc(Cl)c(Nc3ccccc3P(C)(C)=O)n2)=C(OC)C=C1N1CCCC(N2CCNCC2)CC1. The first kappa shape index (κ1) is 31.6. The van der Waals surface area contributed by atoms with Gasteiger partial charge < -0.3 is 30.2 Å². The highest BCUT2D eigenvalue weighted by Gasteiger charge is 2.26. The Kier molecular flexibility index (Phi) is 10.5.